The summed E-state index contributed by atoms with van der Waals surface area (Å²) < 4.78 is 0. The van der Waals surface area contributed by atoms with E-state index in [0.29, 0.717) is 11.6 Å². The lowest BCUT2D eigenvalue weighted by atomic mass is 9.96. The largest absolute Gasteiger partial charge is 0.298 e. The summed E-state index contributed by atoms with van der Waals surface area (Å²) in [5.74, 6) is 0. The SMILES string of the molecule is CC(C)N(C)C1(C)CC=CC1. The third kappa shape index (κ3) is 1.64. The highest BCUT2D eigenvalue weighted by atomic mass is 15.2. The van der Waals surface area contributed by atoms with Crippen LogP contribution < -0.4 is 0 Å². The van der Waals surface area contributed by atoms with E-state index in [1.165, 1.54) is 12.8 Å². The molecule has 0 saturated heterocycles. The second-order valence-electron chi connectivity index (χ2n) is 4.08. The molecule has 0 unspecified atom stereocenters. The summed E-state index contributed by atoms with van der Waals surface area (Å²) in [6.07, 6.45) is 7.00. The van der Waals surface area contributed by atoms with E-state index in [1.54, 1.807) is 0 Å². The standard InChI is InChI=1S/C10H19N/c1-9(2)11(4)10(3)7-5-6-8-10/h5-6,9H,7-8H2,1-4H3. The van der Waals surface area contributed by atoms with Crippen molar-refractivity contribution in [1.29, 1.82) is 0 Å². The Labute approximate surface area is 70.1 Å². The van der Waals surface area contributed by atoms with Gasteiger partial charge in [-0.15, -0.1) is 0 Å². The second kappa shape index (κ2) is 2.98. The van der Waals surface area contributed by atoms with Gasteiger partial charge >= 0.3 is 0 Å². The van der Waals surface area contributed by atoms with Crippen molar-refractivity contribution in [3.05, 3.63) is 12.2 Å². The third-order valence-electron chi connectivity index (χ3n) is 2.91. The van der Waals surface area contributed by atoms with Crippen LogP contribution in [0.2, 0.25) is 0 Å². The fourth-order valence-electron chi connectivity index (χ4n) is 1.67. The first-order chi connectivity index (χ1) is 5.06. The second-order valence-corrected chi connectivity index (χ2v) is 4.08. The van der Waals surface area contributed by atoms with Gasteiger partial charge < -0.3 is 0 Å². The van der Waals surface area contributed by atoms with E-state index in [-0.39, 0.29) is 0 Å². The van der Waals surface area contributed by atoms with Crippen molar-refractivity contribution < 1.29 is 0 Å². The van der Waals surface area contributed by atoms with Gasteiger partial charge in [0.15, 0.2) is 0 Å². The molecule has 1 heteroatoms. The van der Waals surface area contributed by atoms with E-state index in [0.717, 1.165) is 0 Å². The zero-order valence-corrected chi connectivity index (χ0v) is 8.09. The third-order valence-corrected chi connectivity index (χ3v) is 2.91. The van der Waals surface area contributed by atoms with Crippen molar-refractivity contribution in [3.8, 4) is 0 Å². The van der Waals surface area contributed by atoms with Crippen molar-refractivity contribution in [2.75, 3.05) is 7.05 Å². The topological polar surface area (TPSA) is 3.24 Å². The molecule has 1 aliphatic rings. The first kappa shape index (κ1) is 8.79. The molecule has 0 bridgehead atoms. The Balaban J connectivity index is 2.58. The van der Waals surface area contributed by atoms with Gasteiger partial charge in [0.25, 0.3) is 0 Å². The molecule has 0 N–H and O–H groups in total. The van der Waals surface area contributed by atoms with Crippen molar-refractivity contribution in [2.45, 2.75) is 45.2 Å². The number of hydrogen-bond acceptors (Lipinski definition) is 1. The summed E-state index contributed by atoms with van der Waals surface area (Å²) in [7, 11) is 2.22. The van der Waals surface area contributed by atoms with Crippen LogP contribution in [0.1, 0.15) is 33.6 Å². The Morgan fingerprint density at radius 3 is 2.09 bits per heavy atom. The van der Waals surface area contributed by atoms with E-state index in [1.807, 2.05) is 0 Å². The Morgan fingerprint density at radius 1 is 1.27 bits per heavy atom. The molecule has 0 heterocycles. The zero-order valence-electron chi connectivity index (χ0n) is 8.09. The lowest BCUT2D eigenvalue weighted by Gasteiger charge is -2.38. The molecular formula is C10H19N. The average Bonchev–Trinajstić information content (AvgIpc) is 2.35. The fraction of sp³-hybridized carbons (Fsp3) is 0.800. The normalized spacial score (nSPS) is 22.0. The van der Waals surface area contributed by atoms with Crippen LogP contribution in [0, 0.1) is 0 Å². The highest BCUT2D eigenvalue weighted by Gasteiger charge is 2.30. The van der Waals surface area contributed by atoms with Crippen molar-refractivity contribution >= 4 is 0 Å². The average molecular weight is 153 g/mol. The molecule has 64 valence electrons. The molecule has 1 rings (SSSR count). The lowest BCUT2D eigenvalue weighted by Crippen LogP contribution is -2.45. The van der Waals surface area contributed by atoms with Gasteiger partial charge in [-0.05, 0) is 40.7 Å². The summed E-state index contributed by atoms with van der Waals surface area (Å²) in [4.78, 5) is 2.47. The molecular weight excluding hydrogens is 134 g/mol. The van der Waals surface area contributed by atoms with Crippen molar-refractivity contribution in [3.63, 3.8) is 0 Å². The molecule has 11 heavy (non-hydrogen) atoms. The minimum atomic E-state index is 0.397. The molecule has 0 aromatic rings. The van der Waals surface area contributed by atoms with Crippen molar-refractivity contribution in [2.24, 2.45) is 0 Å². The van der Waals surface area contributed by atoms with Gasteiger partial charge in [0.2, 0.25) is 0 Å². The van der Waals surface area contributed by atoms with Crippen LogP contribution in [-0.2, 0) is 0 Å². The Morgan fingerprint density at radius 2 is 1.73 bits per heavy atom. The lowest BCUT2D eigenvalue weighted by molar-refractivity contribution is 0.113. The Hall–Kier alpha value is -0.300. The van der Waals surface area contributed by atoms with Crippen LogP contribution in [0.5, 0.6) is 0 Å². The van der Waals surface area contributed by atoms with Gasteiger partial charge in [0.1, 0.15) is 0 Å². The van der Waals surface area contributed by atoms with Crippen LogP contribution in [0.4, 0.5) is 0 Å². The van der Waals surface area contributed by atoms with Gasteiger partial charge in [-0.2, -0.15) is 0 Å². The highest BCUT2D eigenvalue weighted by Crippen LogP contribution is 2.29. The van der Waals surface area contributed by atoms with E-state index in [2.05, 4.69) is 44.9 Å². The predicted molar refractivity (Wildman–Crippen MR) is 49.7 cm³/mol. The Bertz CT molecular complexity index is 150. The maximum Gasteiger partial charge on any atom is 0.0249 e. The van der Waals surface area contributed by atoms with Crippen molar-refractivity contribution in [1.82, 2.24) is 4.90 Å². The molecule has 1 aliphatic carbocycles. The summed E-state index contributed by atoms with van der Waals surface area (Å²) in [6.45, 7) is 6.85. The monoisotopic (exact) mass is 153 g/mol. The molecule has 0 aliphatic heterocycles. The molecule has 0 saturated carbocycles. The molecule has 1 nitrogen and oxygen atoms in total. The minimum Gasteiger partial charge on any atom is -0.298 e. The molecule has 0 radical (unpaired) electrons. The summed E-state index contributed by atoms with van der Waals surface area (Å²) >= 11 is 0. The number of rotatable bonds is 2. The van der Waals surface area contributed by atoms with E-state index in [4.69, 9.17) is 0 Å². The van der Waals surface area contributed by atoms with E-state index < -0.39 is 0 Å². The molecule has 0 fully saturated rings. The highest BCUT2D eigenvalue weighted by molar-refractivity contribution is 5.06. The fourth-order valence-corrected chi connectivity index (χ4v) is 1.67. The molecule has 0 aromatic carbocycles. The maximum atomic E-state index is 2.47. The van der Waals surface area contributed by atoms with Crippen LogP contribution in [-0.4, -0.2) is 23.5 Å². The van der Waals surface area contributed by atoms with Crippen LogP contribution >= 0.6 is 0 Å². The van der Waals surface area contributed by atoms with Gasteiger partial charge in [0.05, 0.1) is 0 Å². The smallest absolute Gasteiger partial charge is 0.0249 e. The Kier molecular flexibility index (Phi) is 2.38. The van der Waals surface area contributed by atoms with E-state index >= 15 is 0 Å². The van der Waals surface area contributed by atoms with Gasteiger partial charge in [-0.25, -0.2) is 0 Å². The number of nitrogens with zero attached hydrogens (tertiary/aromatic N) is 1. The zero-order chi connectivity index (χ0) is 8.48. The van der Waals surface area contributed by atoms with Crippen LogP contribution in [0.25, 0.3) is 0 Å². The van der Waals surface area contributed by atoms with Gasteiger partial charge in [0, 0.05) is 11.6 Å². The first-order valence-electron chi connectivity index (χ1n) is 4.44. The molecule has 0 atom stereocenters. The maximum absolute atomic E-state index is 2.47. The van der Waals surface area contributed by atoms with Crippen LogP contribution in [0.3, 0.4) is 0 Å². The molecule has 0 aromatic heterocycles. The summed E-state index contributed by atoms with van der Waals surface area (Å²) in [5.41, 5.74) is 0.397. The van der Waals surface area contributed by atoms with Crippen LogP contribution in [0.15, 0.2) is 12.2 Å². The van der Waals surface area contributed by atoms with Gasteiger partial charge in [-0.1, -0.05) is 12.2 Å². The number of hydrogen-bond donors (Lipinski definition) is 0. The molecule has 0 amide bonds. The molecule has 0 spiro atoms. The summed E-state index contributed by atoms with van der Waals surface area (Å²) in [5, 5.41) is 0. The van der Waals surface area contributed by atoms with E-state index in [9.17, 15) is 0 Å². The summed E-state index contributed by atoms with van der Waals surface area (Å²) in [6, 6.07) is 0.653. The quantitative estimate of drug-likeness (QED) is 0.551. The predicted octanol–water partition coefficient (Wildman–Crippen LogP) is 2.44. The minimum absolute atomic E-state index is 0.397. The first-order valence-corrected chi connectivity index (χ1v) is 4.44. The van der Waals surface area contributed by atoms with Gasteiger partial charge in [-0.3, -0.25) is 4.90 Å².